The molecule has 0 aromatic heterocycles. The maximum absolute atomic E-state index is 10.9. The van der Waals surface area contributed by atoms with Crippen molar-refractivity contribution < 1.29 is 8.95 Å². The molecule has 0 aliphatic carbocycles. The summed E-state index contributed by atoms with van der Waals surface area (Å²) in [6.07, 6.45) is 1.51. The van der Waals surface area contributed by atoms with Gasteiger partial charge in [0.15, 0.2) is 0 Å². The first-order chi connectivity index (χ1) is 4.12. The Hall–Kier alpha value is -0.130. The van der Waals surface area contributed by atoms with Gasteiger partial charge in [-0.05, 0) is 0 Å². The first-order valence-electron chi connectivity index (χ1n) is 2.50. The lowest BCUT2D eigenvalue weighted by molar-refractivity contribution is 0.218. The topological polar surface area (TPSA) is 64.7 Å². The van der Waals surface area contributed by atoms with Crippen molar-refractivity contribution in [1.82, 2.24) is 0 Å². The molecule has 0 aliphatic heterocycles. The van der Waals surface area contributed by atoms with Crippen molar-refractivity contribution in [3.8, 4) is 0 Å². The summed E-state index contributed by atoms with van der Waals surface area (Å²) in [4.78, 5) is 0. The quantitative estimate of drug-likeness (QED) is 0.442. The van der Waals surface area contributed by atoms with E-state index in [9.17, 15) is 4.21 Å². The first kappa shape index (κ1) is 8.87. The fourth-order valence-corrected chi connectivity index (χ4v) is 0.872. The van der Waals surface area contributed by atoms with E-state index in [4.69, 9.17) is 5.84 Å². The van der Waals surface area contributed by atoms with Gasteiger partial charge >= 0.3 is 0 Å². The zero-order chi connectivity index (χ0) is 7.33. The molecule has 0 aromatic carbocycles. The van der Waals surface area contributed by atoms with E-state index in [1.54, 1.807) is 7.11 Å². The average molecular weight is 152 g/mol. The van der Waals surface area contributed by atoms with Crippen LogP contribution >= 0.6 is 0 Å². The van der Waals surface area contributed by atoms with E-state index in [-0.39, 0.29) is 0 Å². The van der Waals surface area contributed by atoms with Gasteiger partial charge in [-0.1, -0.05) is 0 Å². The third kappa shape index (κ3) is 4.38. The third-order valence-corrected chi connectivity index (χ3v) is 2.26. The van der Waals surface area contributed by atoms with Crippen molar-refractivity contribution in [2.45, 2.75) is 0 Å². The van der Waals surface area contributed by atoms with E-state index in [1.165, 1.54) is 6.26 Å². The molecular formula is C4H12N2O2S. The lowest BCUT2D eigenvalue weighted by Gasteiger charge is -1.98. The summed E-state index contributed by atoms with van der Waals surface area (Å²) in [6, 6.07) is 0. The van der Waals surface area contributed by atoms with Crippen LogP contribution in [0.1, 0.15) is 0 Å². The third-order valence-electron chi connectivity index (χ3n) is 0.889. The summed E-state index contributed by atoms with van der Waals surface area (Å²) >= 11 is 0. The summed E-state index contributed by atoms with van der Waals surface area (Å²) in [5.41, 5.74) is 0. The Kier molecular flexibility index (Phi) is 3.76. The molecule has 0 saturated heterocycles. The van der Waals surface area contributed by atoms with Gasteiger partial charge in [0.1, 0.15) is 0 Å². The van der Waals surface area contributed by atoms with Crippen molar-refractivity contribution in [2.24, 2.45) is 10.3 Å². The van der Waals surface area contributed by atoms with E-state index >= 15 is 0 Å². The molecule has 4 nitrogen and oxygen atoms in total. The monoisotopic (exact) mass is 152 g/mol. The molecule has 0 radical (unpaired) electrons. The second kappa shape index (κ2) is 3.81. The Morgan fingerprint density at radius 2 is 2.33 bits per heavy atom. The van der Waals surface area contributed by atoms with Gasteiger partial charge in [-0.3, -0.25) is 0 Å². The Morgan fingerprint density at radius 1 is 1.78 bits per heavy atom. The van der Waals surface area contributed by atoms with Crippen LogP contribution in [0.15, 0.2) is 4.47 Å². The van der Waals surface area contributed by atoms with Crippen molar-refractivity contribution in [3.05, 3.63) is 0 Å². The van der Waals surface area contributed by atoms with E-state index in [2.05, 4.69) is 9.21 Å². The molecule has 0 rings (SSSR count). The lowest BCUT2D eigenvalue weighted by Crippen LogP contribution is -2.10. The van der Waals surface area contributed by atoms with Crippen LogP contribution in [0.2, 0.25) is 0 Å². The van der Waals surface area contributed by atoms with Crippen LogP contribution in [0.3, 0.4) is 0 Å². The van der Waals surface area contributed by atoms with Gasteiger partial charge in [-0.15, -0.1) is 0 Å². The van der Waals surface area contributed by atoms with Gasteiger partial charge in [0.25, 0.3) is 0 Å². The minimum Gasteiger partial charge on any atom is -0.384 e. The number of rotatable bonds is 3. The van der Waals surface area contributed by atoms with Gasteiger partial charge in [0.2, 0.25) is 0 Å². The lowest BCUT2D eigenvalue weighted by atomic mass is 10.9. The highest BCUT2D eigenvalue weighted by Crippen LogP contribution is 1.86. The number of nitrogens with two attached hydrogens (primary N) is 1. The highest BCUT2D eigenvalue weighted by Gasteiger charge is 1.97. The Balaban J connectivity index is 3.76. The smallest absolute Gasteiger partial charge is 0.0628 e. The molecular weight excluding hydrogens is 140 g/mol. The van der Waals surface area contributed by atoms with E-state index in [0.717, 1.165) is 0 Å². The second-order valence-electron chi connectivity index (χ2n) is 1.76. The fourth-order valence-electron chi connectivity index (χ4n) is 0.291. The van der Waals surface area contributed by atoms with Gasteiger partial charge in [-0.25, -0.2) is 10.1 Å². The van der Waals surface area contributed by atoms with Crippen molar-refractivity contribution in [1.29, 1.82) is 0 Å². The molecule has 0 spiro atoms. The van der Waals surface area contributed by atoms with Crippen LogP contribution in [0.4, 0.5) is 0 Å². The molecule has 0 aliphatic rings. The normalized spacial score (nSPS) is 16.8. The van der Waals surface area contributed by atoms with Crippen LogP contribution < -0.4 is 5.84 Å². The van der Waals surface area contributed by atoms with Crippen LogP contribution in [-0.2, 0) is 14.5 Å². The summed E-state index contributed by atoms with van der Waals surface area (Å²) in [7, 11) is -0.606. The number of nitrogens with zero attached hydrogens (tertiary/aromatic N) is 1. The van der Waals surface area contributed by atoms with Gasteiger partial charge in [0, 0.05) is 13.4 Å². The number of ether oxygens (including phenoxy) is 1. The van der Waals surface area contributed by atoms with Gasteiger partial charge < -0.3 is 4.74 Å². The second-order valence-corrected chi connectivity index (χ2v) is 4.30. The molecule has 1 atom stereocenters. The van der Waals surface area contributed by atoms with Crippen molar-refractivity contribution >= 4 is 9.73 Å². The van der Waals surface area contributed by atoms with Crippen molar-refractivity contribution in [3.63, 3.8) is 0 Å². The van der Waals surface area contributed by atoms with Crippen LogP contribution in [0, 0.1) is 0 Å². The number of methoxy groups -OCH3 is 1. The highest BCUT2D eigenvalue weighted by molar-refractivity contribution is 7.92. The summed E-state index contributed by atoms with van der Waals surface area (Å²) in [5, 5.41) is 0. The molecule has 0 bridgehead atoms. The zero-order valence-electron chi connectivity index (χ0n) is 5.66. The number of hydrogen-bond donors (Lipinski definition) is 1. The molecule has 9 heavy (non-hydrogen) atoms. The van der Waals surface area contributed by atoms with E-state index < -0.39 is 9.73 Å². The van der Waals surface area contributed by atoms with E-state index in [0.29, 0.717) is 12.4 Å². The summed E-state index contributed by atoms with van der Waals surface area (Å²) < 4.78 is 18.8. The molecule has 5 heteroatoms. The van der Waals surface area contributed by atoms with Crippen LogP contribution in [0.5, 0.6) is 0 Å². The van der Waals surface area contributed by atoms with Crippen molar-refractivity contribution in [2.75, 3.05) is 25.7 Å². The molecule has 1 unspecified atom stereocenters. The molecule has 0 amide bonds. The van der Waals surface area contributed by atoms with Gasteiger partial charge in [0.05, 0.1) is 22.1 Å². The van der Waals surface area contributed by atoms with Crippen LogP contribution in [0.25, 0.3) is 0 Å². The zero-order valence-corrected chi connectivity index (χ0v) is 6.48. The maximum atomic E-state index is 10.9. The number of hydrogen-bond acceptors (Lipinski definition) is 3. The molecule has 56 valence electrons. The minimum atomic E-state index is -2.15. The SMILES string of the molecule is COCCS(C)(=O)=NN. The standard InChI is InChI=1S/C4H12N2O2S/c1-8-3-4-9(2,7)6-5/h3-5H2,1-2H3. The molecule has 0 heterocycles. The predicted octanol–water partition coefficient (Wildman–Crippen LogP) is -0.396. The summed E-state index contributed by atoms with van der Waals surface area (Å²) in [6.45, 7) is 0.441. The predicted molar refractivity (Wildman–Crippen MR) is 37.4 cm³/mol. The first-order valence-corrected chi connectivity index (χ1v) is 4.59. The molecule has 2 N–H and O–H groups in total. The average Bonchev–Trinajstić information content (AvgIpc) is 1.84. The molecule has 0 aromatic rings. The Morgan fingerprint density at radius 3 is 2.67 bits per heavy atom. The van der Waals surface area contributed by atoms with Gasteiger partial charge in [-0.2, -0.15) is 4.47 Å². The minimum absolute atomic E-state index is 0.403. The highest BCUT2D eigenvalue weighted by atomic mass is 32.2. The fraction of sp³-hybridized carbons (Fsp3) is 1.00. The largest absolute Gasteiger partial charge is 0.384 e. The molecule has 0 saturated carbocycles. The Labute approximate surface area is 55.5 Å². The summed E-state index contributed by atoms with van der Waals surface area (Å²) in [5.74, 6) is 5.24. The van der Waals surface area contributed by atoms with Crippen LogP contribution in [-0.4, -0.2) is 29.9 Å². The Bertz CT molecular complexity index is 171. The van der Waals surface area contributed by atoms with E-state index in [1.807, 2.05) is 0 Å². The maximum Gasteiger partial charge on any atom is 0.0628 e. The molecule has 0 fully saturated rings.